The Morgan fingerprint density at radius 1 is 1.35 bits per heavy atom. The Morgan fingerprint density at radius 2 is 2.17 bits per heavy atom. The molecule has 120 valence electrons. The number of carbonyl (C=O) groups is 2. The van der Waals surface area contributed by atoms with Crippen LogP contribution in [-0.2, 0) is 14.3 Å². The van der Waals surface area contributed by atoms with Crippen molar-refractivity contribution in [1.29, 1.82) is 0 Å². The summed E-state index contributed by atoms with van der Waals surface area (Å²) in [5, 5.41) is 0. The lowest BCUT2D eigenvalue weighted by Gasteiger charge is -2.44. The second kappa shape index (κ2) is 3.96. The largest absolute Gasteiger partial charge is 0.467 e. The minimum atomic E-state index is -0.672. The van der Waals surface area contributed by atoms with Crippen LogP contribution >= 0.6 is 0 Å². The molecule has 23 heavy (non-hydrogen) atoms. The molecule has 5 nitrogen and oxygen atoms in total. The monoisotopic (exact) mass is 313 g/mol. The Hall–Kier alpha value is -1.88. The molecule has 3 saturated heterocycles. The minimum absolute atomic E-state index is 0.00242. The van der Waals surface area contributed by atoms with Crippen LogP contribution in [-0.4, -0.2) is 34.3 Å². The first-order valence-electron chi connectivity index (χ1n) is 8.24. The summed E-state index contributed by atoms with van der Waals surface area (Å²) in [5.41, 5.74) is -1.25. The number of ketones is 1. The van der Waals surface area contributed by atoms with Gasteiger partial charge in [0.25, 0.3) is 0 Å². The average molecular weight is 313 g/mol. The van der Waals surface area contributed by atoms with E-state index in [2.05, 4.69) is 0 Å². The van der Waals surface area contributed by atoms with E-state index in [0.29, 0.717) is 18.6 Å². The first-order valence-corrected chi connectivity index (χ1v) is 8.24. The third kappa shape index (κ3) is 1.34. The number of hydrogen-bond acceptors (Lipinski definition) is 4. The molecule has 4 aliphatic heterocycles. The first kappa shape index (κ1) is 13.5. The van der Waals surface area contributed by atoms with Gasteiger partial charge >= 0.3 is 0 Å². The van der Waals surface area contributed by atoms with Gasteiger partial charge in [-0.2, -0.15) is 0 Å². The number of ether oxygens (including phenoxy) is 1. The smallest absolute Gasteiger partial charge is 0.232 e. The molecule has 0 aliphatic carbocycles. The number of fused-ring (bicyclic) bond motifs is 2. The van der Waals surface area contributed by atoms with Crippen LogP contribution < -0.4 is 0 Å². The van der Waals surface area contributed by atoms with Crippen molar-refractivity contribution in [3.8, 4) is 0 Å². The van der Waals surface area contributed by atoms with Crippen LogP contribution in [0.15, 0.2) is 35.0 Å². The lowest BCUT2D eigenvalue weighted by Crippen LogP contribution is -2.56. The SMILES string of the molecule is C[C@H]1C(=O)C[C@H](c2ccco2)N2C(=O)[C@]3(C)C[C@H]4C=C[C@@]3(O4)[C@H]12. The molecule has 6 atom stereocenters. The summed E-state index contributed by atoms with van der Waals surface area (Å²) in [4.78, 5) is 27.9. The number of nitrogens with zero attached hydrogens (tertiary/aromatic N) is 1. The Labute approximate surface area is 134 Å². The maximum atomic E-state index is 13.3. The molecule has 0 N–H and O–H groups in total. The van der Waals surface area contributed by atoms with E-state index >= 15 is 0 Å². The van der Waals surface area contributed by atoms with E-state index in [9.17, 15) is 9.59 Å². The van der Waals surface area contributed by atoms with E-state index in [1.165, 1.54) is 0 Å². The highest BCUT2D eigenvalue weighted by Crippen LogP contribution is 2.63. The van der Waals surface area contributed by atoms with E-state index in [1.807, 2.05) is 37.0 Å². The summed E-state index contributed by atoms with van der Waals surface area (Å²) in [7, 11) is 0. The molecule has 2 bridgehead atoms. The summed E-state index contributed by atoms with van der Waals surface area (Å²) in [6, 6.07) is 3.08. The van der Waals surface area contributed by atoms with Gasteiger partial charge in [0, 0.05) is 12.3 Å². The molecule has 0 radical (unpaired) electrons. The molecule has 0 aromatic carbocycles. The number of Topliss-reactive ketones (excluding diaryl/α,β-unsaturated/α-hetero) is 1. The molecule has 5 heterocycles. The van der Waals surface area contributed by atoms with E-state index in [0.717, 1.165) is 0 Å². The molecular weight excluding hydrogens is 294 g/mol. The summed E-state index contributed by atoms with van der Waals surface area (Å²) in [6.07, 6.45) is 6.69. The molecule has 1 aromatic heterocycles. The van der Waals surface area contributed by atoms with Crippen molar-refractivity contribution in [3.05, 3.63) is 36.3 Å². The second-order valence-corrected chi connectivity index (χ2v) is 7.49. The molecule has 1 spiro atoms. The van der Waals surface area contributed by atoms with Gasteiger partial charge in [0.1, 0.15) is 17.1 Å². The van der Waals surface area contributed by atoms with E-state index in [-0.39, 0.29) is 35.8 Å². The third-order valence-corrected chi connectivity index (χ3v) is 6.41. The van der Waals surface area contributed by atoms with Crippen molar-refractivity contribution in [2.24, 2.45) is 11.3 Å². The predicted molar refractivity (Wildman–Crippen MR) is 80.3 cm³/mol. The van der Waals surface area contributed by atoms with Gasteiger partial charge in [-0.25, -0.2) is 0 Å². The van der Waals surface area contributed by atoms with Gasteiger partial charge in [0.2, 0.25) is 5.91 Å². The van der Waals surface area contributed by atoms with E-state index in [1.54, 1.807) is 12.3 Å². The summed E-state index contributed by atoms with van der Waals surface area (Å²) >= 11 is 0. The fourth-order valence-corrected chi connectivity index (χ4v) is 5.25. The normalized spacial score (nSPS) is 47.3. The quantitative estimate of drug-likeness (QED) is 0.746. The first-order chi connectivity index (χ1) is 11.0. The van der Waals surface area contributed by atoms with Gasteiger partial charge in [-0.15, -0.1) is 0 Å². The lowest BCUT2D eigenvalue weighted by molar-refractivity contribution is -0.146. The van der Waals surface area contributed by atoms with Crippen LogP contribution in [0, 0.1) is 11.3 Å². The van der Waals surface area contributed by atoms with Gasteiger partial charge < -0.3 is 14.1 Å². The standard InChI is InChI=1S/C18H19NO4/c1-10-13(20)8-12(14-4-3-7-22-14)19-15(10)18-6-5-11(23-18)9-17(18,2)16(19)21/h3-7,10-12,15H,8-9H2,1-2H3/t10-,11+,12+,15-,17-,18+/m0/s1. The molecule has 1 aromatic rings. The van der Waals surface area contributed by atoms with Crippen molar-refractivity contribution in [2.75, 3.05) is 0 Å². The average Bonchev–Trinajstić information content (AvgIpc) is 3.25. The predicted octanol–water partition coefficient (Wildman–Crippen LogP) is 2.24. The Kier molecular flexibility index (Phi) is 2.33. The van der Waals surface area contributed by atoms with Crippen molar-refractivity contribution in [3.63, 3.8) is 0 Å². The number of carbonyl (C=O) groups excluding carboxylic acids is 2. The number of hydrogen-bond donors (Lipinski definition) is 0. The van der Waals surface area contributed by atoms with Crippen molar-refractivity contribution >= 4 is 11.7 Å². The zero-order chi connectivity index (χ0) is 16.0. The fraction of sp³-hybridized carbons (Fsp3) is 0.556. The van der Waals surface area contributed by atoms with Gasteiger partial charge in [-0.1, -0.05) is 19.1 Å². The summed E-state index contributed by atoms with van der Waals surface area (Å²) in [5.74, 6) is 0.720. The molecule has 3 fully saturated rings. The molecule has 5 heteroatoms. The zero-order valence-corrected chi connectivity index (χ0v) is 13.2. The van der Waals surface area contributed by atoms with E-state index < -0.39 is 11.0 Å². The molecule has 4 aliphatic rings. The lowest BCUT2D eigenvalue weighted by atomic mass is 9.66. The van der Waals surface area contributed by atoms with Crippen molar-refractivity contribution < 1.29 is 18.7 Å². The Bertz CT molecular complexity index is 738. The number of piperidine rings is 1. The topological polar surface area (TPSA) is 59.8 Å². The molecule has 5 rings (SSSR count). The second-order valence-electron chi connectivity index (χ2n) is 7.49. The summed E-state index contributed by atoms with van der Waals surface area (Å²) in [6.45, 7) is 3.92. The highest BCUT2D eigenvalue weighted by molar-refractivity contribution is 5.94. The van der Waals surface area contributed by atoms with Crippen LogP contribution in [0.4, 0.5) is 0 Å². The third-order valence-electron chi connectivity index (χ3n) is 6.41. The summed E-state index contributed by atoms with van der Waals surface area (Å²) < 4.78 is 11.8. The molecule has 0 saturated carbocycles. The zero-order valence-electron chi connectivity index (χ0n) is 13.2. The van der Waals surface area contributed by atoms with Crippen LogP contribution in [0.5, 0.6) is 0 Å². The van der Waals surface area contributed by atoms with Crippen molar-refractivity contribution in [2.45, 2.75) is 50.5 Å². The highest BCUT2D eigenvalue weighted by atomic mass is 16.5. The van der Waals surface area contributed by atoms with Crippen LogP contribution in [0.1, 0.15) is 38.5 Å². The number of furan rings is 1. The van der Waals surface area contributed by atoms with E-state index in [4.69, 9.17) is 9.15 Å². The van der Waals surface area contributed by atoms with Crippen LogP contribution in [0.25, 0.3) is 0 Å². The highest BCUT2D eigenvalue weighted by Gasteiger charge is 2.75. The van der Waals surface area contributed by atoms with Crippen LogP contribution in [0.2, 0.25) is 0 Å². The Balaban J connectivity index is 1.70. The maximum absolute atomic E-state index is 13.3. The number of amides is 1. The Morgan fingerprint density at radius 3 is 2.87 bits per heavy atom. The van der Waals surface area contributed by atoms with Gasteiger partial charge in [0.05, 0.1) is 29.9 Å². The number of rotatable bonds is 1. The van der Waals surface area contributed by atoms with Gasteiger partial charge in [-0.3, -0.25) is 9.59 Å². The molecule has 0 unspecified atom stereocenters. The van der Waals surface area contributed by atoms with Crippen molar-refractivity contribution in [1.82, 2.24) is 4.90 Å². The maximum Gasteiger partial charge on any atom is 0.232 e. The molecular formula is C18H19NO4. The minimum Gasteiger partial charge on any atom is -0.467 e. The van der Waals surface area contributed by atoms with Crippen LogP contribution in [0.3, 0.4) is 0 Å². The van der Waals surface area contributed by atoms with Gasteiger partial charge in [0.15, 0.2) is 0 Å². The molecule has 1 amide bonds. The van der Waals surface area contributed by atoms with Gasteiger partial charge in [-0.05, 0) is 25.5 Å². The fourth-order valence-electron chi connectivity index (χ4n) is 5.25.